The van der Waals surface area contributed by atoms with Crippen molar-refractivity contribution in [1.29, 1.82) is 0 Å². The van der Waals surface area contributed by atoms with Crippen molar-refractivity contribution < 1.29 is 27.6 Å². The zero-order chi connectivity index (χ0) is 28.7. The van der Waals surface area contributed by atoms with E-state index in [9.17, 15) is 23.1 Å². The minimum atomic E-state index is -4.62. The lowest BCUT2D eigenvalue weighted by Gasteiger charge is -2.20. The maximum atomic E-state index is 13.8. The summed E-state index contributed by atoms with van der Waals surface area (Å²) in [7, 11) is 0. The molecule has 0 aliphatic carbocycles. The molecule has 3 aromatic carbocycles. The molecule has 0 spiro atoms. The van der Waals surface area contributed by atoms with Crippen molar-refractivity contribution >= 4 is 5.65 Å². The maximum absolute atomic E-state index is 13.8. The molecule has 0 unspecified atom stereocenters. The molecule has 40 heavy (non-hydrogen) atoms. The average Bonchev–Trinajstić information content (AvgIpc) is 2.91. The smallest absolute Gasteiger partial charge is 0.416 e. The number of nitrogens with zero attached hydrogens (tertiary/aromatic N) is 2. The lowest BCUT2D eigenvalue weighted by atomic mass is 9.87. The highest BCUT2D eigenvalue weighted by molar-refractivity contribution is 5.67. The molecular formula is C32H27F3N2O3. The lowest BCUT2D eigenvalue weighted by Crippen LogP contribution is -2.44. The fourth-order valence-corrected chi connectivity index (χ4v) is 4.58. The summed E-state index contributed by atoms with van der Waals surface area (Å²) >= 11 is 0. The van der Waals surface area contributed by atoms with Gasteiger partial charge in [-0.15, -0.1) is 0 Å². The summed E-state index contributed by atoms with van der Waals surface area (Å²) in [5.41, 5.74) is 0.0292. The van der Waals surface area contributed by atoms with Gasteiger partial charge in [-0.25, -0.2) is 9.36 Å². The molecule has 2 aromatic heterocycles. The van der Waals surface area contributed by atoms with Crippen LogP contribution in [-0.4, -0.2) is 4.40 Å². The van der Waals surface area contributed by atoms with Crippen LogP contribution in [0, 0.1) is 0 Å². The first-order valence-electron chi connectivity index (χ1n) is 12.7. The van der Waals surface area contributed by atoms with Gasteiger partial charge in [-0.1, -0.05) is 69.3 Å². The fraction of sp³-hybridized carbons (Fsp3) is 0.188. The highest BCUT2D eigenvalue weighted by atomic mass is 19.4. The molecule has 8 heteroatoms. The van der Waals surface area contributed by atoms with Crippen molar-refractivity contribution in [2.45, 2.75) is 38.9 Å². The minimum absolute atomic E-state index is 0.0125. The third-order valence-electron chi connectivity index (χ3n) is 6.73. The van der Waals surface area contributed by atoms with Crippen LogP contribution >= 0.6 is 0 Å². The van der Waals surface area contributed by atoms with E-state index in [1.807, 2.05) is 30.3 Å². The fourth-order valence-electron chi connectivity index (χ4n) is 4.58. The number of benzene rings is 3. The summed E-state index contributed by atoms with van der Waals surface area (Å²) < 4.78 is 49.1. The van der Waals surface area contributed by atoms with Crippen molar-refractivity contribution in [1.82, 2.24) is 4.40 Å². The van der Waals surface area contributed by atoms with Gasteiger partial charge in [0.15, 0.2) is 0 Å². The summed E-state index contributed by atoms with van der Waals surface area (Å²) in [6.45, 7) is 6.39. The largest absolute Gasteiger partial charge is 0.842 e. The number of ether oxygens (including phenoxy) is 1. The second kappa shape index (κ2) is 10.2. The molecule has 204 valence electrons. The van der Waals surface area contributed by atoms with Crippen molar-refractivity contribution in [3.05, 3.63) is 124 Å². The van der Waals surface area contributed by atoms with Gasteiger partial charge < -0.3 is 9.84 Å². The molecule has 5 nitrogen and oxygen atoms in total. The van der Waals surface area contributed by atoms with E-state index in [4.69, 9.17) is 4.74 Å². The number of fused-ring (bicyclic) bond motifs is 1. The predicted octanol–water partition coefficient (Wildman–Crippen LogP) is 6.48. The van der Waals surface area contributed by atoms with Gasteiger partial charge in [-0.2, -0.15) is 17.6 Å². The number of alkyl halides is 3. The molecule has 5 rings (SSSR count). The number of rotatable bonds is 5. The maximum Gasteiger partial charge on any atom is 0.416 e. The molecule has 0 radical (unpaired) electrons. The van der Waals surface area contributed by atoms with Crippen LogP contribution in [0.25, 0.3) is 16.8 Å². The lowest BCUT2D eigenvalue weighted by molar-refractivity contribution is -0.708. The Bertz CT molecular complexity index is 1750. The van der Waals surface area contributed by atoms with Crippen LogP contribution in [0.4, 0.5) is 13.2 Å². The summed E-state index contributed by atoms with van der Waals surface area (Å²) in [6, 6.07) is 24.2. The third kappa shape index (κ3) is 5.30. The Kier molecular flexibility index (Phi) is 6.87. The Balaban J connectivity index is 1.60. The summed E-state index contributed by atoms with van der Waals surface area (Å²) in [6.07, 6.45) is -3.13. The number of aromatic nitrogens is 2. The predicted molar refractivity (Wildman–Crippen MR) is 145 cm³/mol. The van der Waals surface area contributed by atoms with Gasteiger partial charge in [0.1, 0.15) is 23.6 Å². The topological polar surface area (TPSA) is 57.7 Å². The standard InChI is InChI=1S/C32H27F3N2O3/c1-31(2,3)23-14-16-25(17-15-23)40-26-12-5-4-9-22(26)20-37-27-13-6-7-18-36(27)29(38)28(30(37)39)21-10-8-11-24(19-21)32(33,34)35/h4-19H,20H2,1-3H3. The van der Waals surface area contributed by atoms with Gasteiger partial charge in [0.2, 0.25) is 0 Å². The highest BCUT2D eigenvalue weighted by Gasteiger charge is 2.31. The Hall–Kier alpha value is -4.59. The molecule has 5 aromatic rings. The number of hydrogen-bond acceptors (Lipinski definition) is 3. The Morgan fingerprint density at radius 1 is 0.850 bits per heavy atom. The van der Waals surface area contributed by atoms with Gasteiger partial charge in [-0.05, 0) is 52.9 Å². The van der Waals surface area contributed by atoms with Gasteiger partial charge in [0, 0.05) is 11.6 Å². The SMILES string of the molecule is CC(C)(C)c1ccc(Oc2ccccc2C[n+]2c([O-])c(-c3cccc(C(F)(F)F)c3)c(=O)n3ccccc32)cc1. The zero-order valence-electron chi connectivity index (χ0n) is 22.2. The van der Waals surface area contributed by atoms with Crippen molar-refractivity contribution in [3.63, 3.8) is 0 Å². The molecule has 0 bridgehead atoms. The zero-order valence-corrected chi connectivity index (χ0v) is 22.2. The quantitative estimate of drug-likeness (QED) is 0.238. The van der Waals surface area contributed by atoms with E-state index in [-0.39, 0.29) is 23.1 Å². The van der Waals surface area contributed by atoms with Crippen molar-refractivity contribution in [3.8, 4) is 28.5 Å². The second-order valence-corrected chi connectivity index (χ2v) is 10.6. The van der Waals surface area contributed by atoms with Crippen LogP contribution in [0.1, 0.15) is 37.5 Å². The van der Waals surface area contributed by atoms with E-state index in [0.29, 0.717) is 22.7 Å². The van der Waals surface area contributed by atoms with Gasteiger partial charge in [-0.3, -0.25) is 0 Å². The molecular weight excluding hydrogens is 517 g/mol. The molecule has 0 aliphatic rings. The molecule has 0 amide bonds. The minimum Gasteiger partial charge on any atom is -0.842 e. The van der Waals surface area contributed by atoms with Crippen molar-refractivity contribution in [2.24, 2.45) is 0 Å². The summed E-state index contributed by atoms with van der Waals surface area (Å²) in [4.78, 5) is 13.4. The molecule has 0 saturated carbocycles. The van der Waals surface area contributed by atoms with E-state index in [2.05, 4.69) is 20.8 Å². The van der Waals surface area contributed by atoms with E-state index < -0.39 is 23.2 Å². The number of hydrogen-bond donors (Lipinski definition) is 0. The van der Waals surface area contributed by atoms with Gasteiger partial charge >= 0.3 is 11.7 Å². The molecule has 0 saturated heterocycles. The van der Waals surface area contributed by atoms with Crippen LogP contribution in [0.3, 0.4) is 0 Å². The van der Waals surface area contributed by atoms with Crippen LogP contribution < -0.4 is 20.0 Å². The molecule has 0 aliphatic heterocycles. The van der Waals surface area contributed by atoms with Crippen LogP contribution in [0.15, 0.2) is 102 Å². The average molecular weight is 545 g/mol. The Morgan fingerprint density at radius 2 is 1.55 bits per heavy atom. The first-order chi connectivity index (χ1) is 18.9. The first kappa shape index (κ1) is 27.0. The normalized spacial score (nSPS) is 12.1. The number of pyridine rings is 1. The Labute approximate surface area is 229 Å². The summed E-state index contributed by atoms with van der Waals surface area (Å²) in [5.74, 6) is 0.435. The monoisotopic (exact) mass is 544 g/mol. The van der Waals surface area contributed by atoms with E-state index in [1.54, 1.807) is 36.4 Å². The van der Waals surface area contributed by atoms with Crippen LogP contribution in [0.5, 0.6) is 17.4 Å². The summed E-state index contributed by atoms with van der Waals surface area (Å²) in [5, 5.41) is 13.8. The van der Waals surface area contributed by atoms with E-state index in [0.717, 1.165) is 17.7 Å². The Morgan fingerprint density at radius 3 is 2.25 bits per heavy atom. The van der Waals surface area contributed by atoms with Crippen molar-refractivity contribution in [2.75, 3.05) is 0 Å². The highest BCUT2D eigenvalue weighted by Crippen LogP contribution is 2.33. The molecule has 2 heterocycles. The molecule has 0 N–H and O–H groups in total. The van der Waals surface area contributed by atoms with Crippen LogP contribution in [-0.2, 0) is 18.1 Å². The molecule has 0 atom stereocenters. The second-order valence-electron chi connectivity index (χ2n) is 10.6. The number of para-hydroxylation sites is 1. The van der Waals surface area contributed by atoms with E-state index >= 15 is 0 Å². The first-order valence-corrected chi connectivity index (χ1v) is 12.7. The molecule has 0 fully saturated rings. The van der Waals surface area contributed by atoms with E-state index in [1.165, 1.54) is 27.3 Å². The van der Waals surface area contributed by atoms with Gasteiger partial charge in [0.05, 0.1) is 17.6 Å². The number of halogens is 3. The van der Waals surface area contributed by atoms with Crippen LogP contribution in [0.2, 0.25) is 0 Å². The van der Waals surface area contributed by atoms with Gasteiger partial charge in [0.25, 0.3) is 5.65 Å². The third-order valence-corrected chi connectivity index (χ3v) is 6.73.